The van der Waals surface area contributed by atoms with E-state index in [-0.39, 0.29) is 17.7 Å². The zero-order valence-corrected chi connectivity index (χ0v) is 12.8. The number of nitrogens with zero attached hydrogens (tertiary/aromatic N) is 2. The molecular formula is C16H25N3O2. The topological polar surface area (TPSA) is 69.8 Å². The highest BCUT2D eigenvalue weighted by atomic mass is 16.3. The number of hydrogen-bond acceptors (Lipinski definition) is 4. The summed E-state index contributed by atoms with van der Waals surface area (Å²) in [5.41, 5.74) is 7.06. The molecule has 1 amide bonds. The van der Waals surface area contributed by atoms with Gasteiger partial charge in [-0.05, 0) is 51.1 Å². The predicted molar refractivity (Wildman–Crippen MR) is 83.1 cm³/mol. The second kappa shape index (κ2) is 6.91. The summed E-state index contributed by atoms with van der Waals surface area (Å²) in [6.07, 6.45) is 2.61. The minimum atomic E-state index is -0.516. The Morgan fingerprint density at radius 3 is 2.71 bits per heavy atom. The molecule has 0 aliphatic carbocycles. The number of phenols is 1. The summed E-state index contributed by atoms with van der Waals surface area (Å²) >= 11 is 0. The van der Waals surface area contributed by atoms with E-state index < -0.39 is 6.04 Å². The van der Waals surface area contributed by atoms with Gasteiger partial charge in [0.2, 0.25) is 5.91 Å². The lowest BCUT2D eigenvalue weighted by Crippen LogP contribution is -2.49. The van der Waals surface area contributed by atoms with Crippen LogP contribution in [0.3, 0.4) is 0 Å². The number of nitrogens with two attached hydrogens (primary N) is 1. The number of likely N-dealkylation sites (N-methyl/N-ethyl adjacent to an activating group) is 1. The molecule has 5 nitrogen and oxygen atoms in total. The van der Waals surface area contributed by atoms with E-state index >= 15 is 0 Å². The molecule has 0 aromatic heterocycles. The van der Waals surface area contributed by atoms with E-state index in [4.69, 9.17) is 5.73 Å². The van der Waals surface area contributed by atoms with Crippen molar-refractivity contribution in [2.24, 2.45) is 5.73 Å². The van der Waals surface area contributed by atoms with Gasteiger partial charge >= 0.3 is 0 Å². The van der Waals surface area contributed by atoms with Gasteiger partial charge in [0.25, 0.3) is 0 Å². The van der Waals surface area contributed by atoms with Crippen LogP contribution in [0.5, 0.6) is 5.75 Å². The summed E-state index contributed by atoms with van der Waals surface area (Å²) in [5.74, 6) is 0.261. The van der Waals surface area contributed by atoms with Crippen LogP contribution in [-0.2, 0) is 11.2 Å². The van der Waals surface area contributed by atoms with E-state index in [2.05, 4.69) is 4.90 Å². The van der Waals surface area contributed by atoms with Crippen molar-refractivity contribution >= 4 is 5.91 Å². The Labute approximate surface area is 126 Å². The lowest BCUT2D eigenvalue weighted by Gasteiger charge is -2.29. The number of hydrogen-bond donors (Lipinski definition) is 2. The first kappa shape index (κ1) is 15.8. The van der Waals surface area contributed by atoms with Gasteiger partial charge in [-0.25, -0.2) is 0 Å². The van der Waals surface area contributed by atoms with E-state index in [0.29, 0.717) is 6.42 Å². The molecule has 116 valence electrons. The van der Waals surface area contributed by atoms with E-state index in [1.165, 1.54) is 0 Å². The molecular weight excluding hydrogens is 266 g/mol. The molecule has 0 saturated carbocycles. The maximum atomic E-state index is 12.5. The van der Waals surface area contributed by atoms with Crippen LogP contribution in [0.15, 0.2) is 24.3 Å². The minimum absolute atomic E-state index is 0.0347. The molecule has 5 heteroatoms. The lowest BCUT2D eigenvalue weighted by atomic mass is 10.0. The first-order valence-corrected chi connectivity index (χ1v) is 7.46. The summed E-state index contributed by atoms with van der Waals surface area (Å²) in [4.78, 5) is 16.6. The fourth-order valence-electron chi connectivity index (χ4n) is 2.92. The van der Waals surface area contributed by atoms with E-state index in [9.17, 15) is 9.90 Å². The Hall–Kier alpha value is -1.59. The Bertz CT molecular complexity index is 473. The second-order valence-electron chi connectivity index (χ2n) is 6.07. The molecule has 1 fully saturated rings. The zero-order chi connectivity index (χ0) is 15.4. The average molecular weight is 291 g/mol. The molecule has 1 saturated heterocycles. The number of likely N-dealkylation sites (tertiary alicyclic amines) is 1. The van der Waals surface area contributed by atoms with Crippen molar-refractivity contribution in [2.45, 2.75) is 31.3 Å². The number of carbonyl (C=O) groups is 1. The molecule has 0 bridgehead atoms. The number of carbonyl (C=O) groups excluding carboxylic acids is 1. The molecule has 1 aromatic carbocycles. The standard InChI is InChI=1S/C16H25N3O2/c1-18(2)11-13-4-3-9-19(13)16(21)15(17)10-12-5-7-14(20)8-6-12/h5-8,13,15,20H,3-4,9-11,17H2,1-2H3. The van der Waals surface area contributed by atoms with Crippen LogP contribution in [0, 0.1) is 0 Å². The molecule has 3 N–H and O–H groups in total. The van der Waals surface area contributed by atoms with Crippen molar-refractivity contribution in [3.63, 3.8) is 0 Å². The van der Waals surface area contributed by atoms with Crippen molar-refractivity contribution in [1.29, 1.82) is 0 Å². The van der Waals surface area contributed by atoms with Gasteiger partial charge in [-0.1, -0.05) is 12.1 Å². The van der Waals surface area contributed by atoms with Crippen molar-refractivity contribution in [1.82, 2.24) is 9.80 Å². The smallest absolute Gasteiger partial charge is 0.240 e. The van der Waals surface area contributed by atoms with Gasteiger partial charge in [-0.2, -0.15) is 0 Å². The molecule has 1 heterocycles. The molecule has 21 heavy (non-hydrogen) atoms. The summed E-state index contributed by atoms with van der Waals surface area (Å²) in [5, 5.41) is 9.28. The van der Waals surface area contributed by atoms with Gasteiger partial charge in [0.15, 0.2) is 0 Å². The Morgan fingerprint density at radius 1 is 1.43 bits per heavy atom. The fourth-order valence-corrected chi connectivity index (χ4v) is 2.92. The lowest BCUT2D eigenvalue weighted by molar-refractivity contribution is -0.133. The first-order chi connectivity index (χ1) is 9.97. The first-order valence-electron chi connectivity index (χ1n) is 7.46. The molecule has 2 unspecified atom stereocenters. The van der Waals surface area contributed by atoms with Gasteiger partial charge in [0.1, 0.15) is 5.75 Å². The zero-order valence-electron chi connectivity index (χ0n) is 12.8. The fraction of sp³-hybridized carbons (Fsp3) is 0.562. The van der Waals surface area contributed by atoms with Crippen LogP contribution in [0.2, 0.25) is 0 Å². The highest BCUT2D eigenvalue weighted by Gasteiger charge is 2.31. The van der Waals surface area contributed by atoms with Crippen molar-refractivity contribution < 1.29 is 9.90 Å². The molecule has 2 atom stereocenters. The number of amides is 1. The average Bonchev–Trinajstić information content (AvgIpc) is 2.87. The third kappa shape index (κ3) is 4.19. The van der Waals surface area contributed by atoms with Gasteiger partial charge < -0.3 is 20.6 Å². The highest BCUT2D eigenvalue weighted by Crippen LogP contribution is 2.19. The van der Waals surface area contributed by atoms with Gasteiger partial charge in [0.05, 0.1) is 6.04 Å². The molecule has 1 aliphatic heterocycles. The monoisotopic (exact) mass is 291 g/mol. The van der Waals surface area contributed by atoms with Crippen LogP contribution in [-0.4, -0.2) is 60.1 Å². The molecule has 1 aromatic rings. The minimum Gasteiger partial charge on any atom is -0.508 e. The maximum Gasteiger partial charge on any atom is 0.240 e. The Kier molecular flexibility index (Phi) is 5.20. The normalized spacial score (nSPS) is 20.0. The summed E-state index contributed by atoms with van der Waals surface area (Å²) in [7, 11) is 4.05. The SMILES string of the molecule is CN(C)CC1CCCN1C(=O)C(N)Cc1ccc(O)cc1. The predicted octanol–water partition coefficient (Wildman–Crippen LogP) is 0.815. The van der Waals surface area contributed by atoms with E-state index in [0.717, 1.165) is 31.5 Å². The Balaban J connectivity index is 1.96. The molecule has 0 spiro atoms. The van der Waals surface area contributed by atoms with Crippen LogP contribution < -0.4 is 5.73 Å². The van der Waals surface area contributed by atoms with Crippen LogP contribution in [0.25, 0.3) is 0 Å². The third-order valence-corrected chi connectivity index (χ3v) is 3.95. The number of aromatic hydroxyl groups is 1. The van der Waals surface area contributed by atoms with Crippen molar-refractivity contribution in [3.05, 3.63) is 29.8 Å². The van der Waals surface area contributed by atoms with Crippen LogP contribution in [0.1, 0.15) is 18.4 Å². The van der Waals surface area contributed by atoms with E-state index in [1.54, 1.807) is 12.1 Å². The Morgan fingerprint density at radius 2 is 2.10 bits per heavy atom. The third-order valence-electron chi connectivity index (χ3n) is 3.95. The van der Waals surface area contributed by atoms with Crippen LogP contribution in [0.4, 0.5) is 0 Å². The molecule has 1 aliphatic rings. The van der Waals surface area contributed by atoms with Crippen molar-refractivity contribution in [2.75, 3.05) is 27.2 Å². The van der Waals surface area contributed by atoms with Gasteiger partial charge in [0, 0.05) is 19.1 Å². The maximum absolute atomic E-state index is 12.5. The summed E-state index contributed by atoms with van der Waals surface area (Å²) in [6.45, 7) is 1.69. The summed E-state index contributed by atoms with van der Waals surface area (Å²) < 4.78 is 0. The second-order valence-corrected chi connectivity index (χ2v) is 6.07. The largest absolute Gasteiger partial charge is 0.508 e. The molecule has 0 radical (unpaired) electrons. The van der Waals surface area contributed by atoms with Gasteiger partial charge in [-0.15, -0.1) is 0 Å². The number of phenolic OH excluding ortho intramolecular Hbond substituents is 1. The van der Waals surface area contributed by atoms with E-state index in [1.807, 2.05) is 31.1 Å². The number of rotatable bonds is 5. The number of benzene rings is 1. The van der Waals surface area contributed by atoms with Crippen molar-refractivity contribution in [3.8, 4) is 5.75 Å². The van der Waals surface area contributed by atoms with Gasteiger partial charge in [-0.3, -0.25) is 4.79 Å². The highest BCUT2D eigenvalue weighted by molar-refractivity contribution is 5.82. The molecule has 2 rings (SSSR count). The van der Waals surface area contributed by atoms with Crippen LogP contribution >= 0.6 is 0 Å². The summed E-state index contributed by atoms with van der Waals surface area (Å²) in [6, 6.07) is 6.62. The quantitative estimate of drug-likeness (QED) is 0.842.